The third-order valence-corrected chi connectivity index (χ3v) is 3.54. The van der Waals surface area contributed by atoms with E-state index in [9.17, 15) is 9.18 Å². The monoisotopic (exact) mass is 265 g/mol. The zero-order valence-electron chi connectivity index (χ0n) is 9.77. The van der Waals surface area contributed by atoms with Gasteiger partial charge in [-0.05, 0) is 26.2 Å². The molecule has 2 heterocycles. The lowest BCUT2D eigenvalue weighted by Crippen LogP contribution is -2.55. The molecule has 17 heavy (non-hydrogen) atoms. The fourth-order valence-corrected chi connectivity index (χ4v) is 2.70. The van der Waals surface area contributed by atoms with Crippen LogP contribution in [0.25, 0.3) is 0 Å². The molecule has 2 saturated heterocycles. The fourth-order valence-electron chi connectivity index (χ4n) is 2.59. The van der Waals surface area contributed by atoms with Crippen molar-refractivity contribution in [3.05, 3.63) is 0 Å². The molecule has 0 saturated carbocycles. The Morgan fingerprint density at radius 2 is 2.06 bits per heavy atom. The number of nitrogens with zero attached hydrogens (tertiary/aromatic N) is 1. The highest BCUT2D eigenvalue weighted by atomic mass is 35.5. The number of rotatable bonds is 2. The van der Waals surface area contributed by atoms with E-state index in [4.69, 9.17) is 21.1 Å². The number of piperidine rings is 1. The summed E-state index contributed by atoms with van der Waals surface area (Å²) in [5.74, 6) is -0.678. The van der Waals surface area contributed by atoms with Crippen LogP contribution in [-0.4, -0.2) is 48.0 Å². The second-order valence-electron chi connectivity index (χ2n) is 4.50. The fraction of sp³-hybridized carbons (Fsp3) is 0.909. The van der Waals surface area contributed by atoms with Crippen molar-refractivity contribution in [2.24, 2.45) is 0 Å². The number of hydrogen-bond acceptors (Lipinski definition) is 3. The van der Waals surface area contributed by atoms with E-state index in [1.807, 2.05) is 6.92 Å². The van der Waals surface area contributed by atoms with E-state index in [1.54, 1.807) is 0 Å². The molecule has 98 valence electrons. The van der Waals surface area contributed by atoms with Crippen LogP contribution in [0.2, 0.25) is 0 Å². The van der Waals surface area contributed by atoms with Crippen molar-refractivity contribution in [2.75, 3.05) is 13.2 Å². The first-order chi connectivity index (χ1) is 8.11. The summed E-state index contributed by atoms with van der Waals surface area (Å²) in [6.07, 6.45) is 2.18. The molecule has 0 bridgehead atoms. The van der Waals surface area contributed by atoms with E-state index < -0.39 is 17.8 Å². The molecule has 1 amide bonds. The van der Waals surface area contributed by atoms with Gasteiger partial charge in [0.1, 0.15) is 0 Å². The van der Waals surface area contributed by atoms with Crippen molar-refractivity contribution >= 4 is 17.5 Å². The number of amides is 1. The summed E-state index contributed by atoms with van der Waals surface area (Å²) in [7, 11) is 0. The molecular weight excluding hydrogens is 249 g/mol. The molecule has 0 spiro atoms. The lowest BCUT2D eigenvalue weighted by Gasteiger charge is -2.42. The van der Waals surface area contributed by atoms with Crippen molar-refractivity contribution in [1.29, 1.82) is 0 Å². The van der Waals surface area contributed by atoms with E-state index >= 15 is 0 Å². The van der Waals surface area contributed by atoms with E-state index in [-0.39, 0.29) is 12.1 Å². The molecule has 2 aliphatic rings. The zero-order chi connectivity index (χ0) is 12.4. The molecule has 2 rings (SSSR count). The molecule has 0 aromatic heterocycles. The highest BCUT2D eigenvalue weighted by Crippen LogP contribution is 2.29. The van der Waals surface area contributed by atoms with Gasteiger partial charge in [0.25, 0.3) is 11.5 Å². The van der Waals surface area contributed by atoms with Gasteiger partial charge in [-0.1, -0.05) is 11.6 Å². The minimum Gasteiger partial charge on any atom is -0.348 e. The van der Waals surface area contributed by atoms with Crippen LogP contribution in [0.4, 0.5) is 4.39 Å². The summed E-state index contributed by atoms with van der Waals surface area (Å²) in [5, 5.41) is 0. The Balaban J connectivity index is 2.12. The van der Waals surface area contributed by atoms with E-state index in [2.05, 4.69) is 0 Å². The molecule has 2 fully saturated rings. The van der Waals surface area contributed by atoms with Gasteiger partial charge in [0.15, 0.2) is 6.29 Å². The van der Waals surface area contributed by atoms with Crippen molar-refractivity contribution in [3.8, 4) is 0 Å². The zero-order valence-corrected chi connectivity index (χ0v) is 10.5. The maximum Gasteiger partial charge on any atom is 0.273 e. The van der Waals surface area contributed by atoms with E-state index in [1.165, 1.54) is 4.90 Å². The molecule has 0 aliphatic carbocycles. The molecule has 3 atom stereocenters. The Morgan fingerprint density at radius 3 is 2.65 bits per heavy atom. The quantitative estimate of drug-likeness (QED) is 0.713. The van der Waals surface area contributed by atoms with Gasteiger partial charge in [-0.2, -0.15) is 0 Å². The molecule has 0 N–H and O–H groups in total. The van der Waals surface area contributed by atoms with Crippen LogP contribution < -0.4 is 0 Å². The smallest absolute Gasteiger partial charge is 0.273 e. The maximum absolute atomic E-state index is 13.0. The first kappa shape index (κ1) is 13.1. The highest BCUT2D eigenvalue weighted by Gasteiger charge is 2.41. The normalized spacial score (nSPS) is 32.8. The first-order valence-electron chi connectivity index (χ1n) is 5.95. The topological polar surface area (TPSA) is 38.8 Å². The number of alkyl halides is 2. The first-order valence-corrected chi connectivity index (χ1v) is 6.38. The van der Waals surface area contributed by atoms with Crippen molar-refractivity contribution in [2.45, 2.75) is 50.2 Å². The van der Waals surface area contributed by atoms with Crippen molar-refractivity contribution in [1.82, 2.24) is 4.90 Å². The van der Waals surface area contributed by atoms with Gasteiger partial charge >= 0.3 is 0 Å². The summed E-state index contributed by atoms with van der Waals surface area (Å²) < 4.78 is 23.8. The maximum atomic E-state index is 13.0. The number of carbonyl (C=O) groups excluding carboxylic acids is 1. The Morgan fingerprint density at radius 1 is 1.41 bits per heavy atom. The SMILES string of the molecule is C[C@@H]1CCC[C@H](C2OCCO2)N1C(=O)C(F)Cl. The van der Waals surface area contributed by atoms with Crippen LogP contribution in [0, 0.1) is 0 Å². The van der Waals surface area contributed by atoms with Crippen LogP contribution in [0.3, 0.4) is 0 Å². The minimum absolute atomic E-state index is 0.0222. The molecule has 0 aromatic rings. The van der Waals surface area contributed by atoms with Crippen molar-refractivity contribution < 1.29 is 18.7 Å². The second-order valence-corrected chi connectivity index (χ2v) is 4.89. The van der Waals surface area contributed by atoms with Crippen LogP contribution in [0.1, 0.15) is 26.2 Å². The summed E-state index contributed by atoms with van der Waals surface area (Å²) >= 11 is 5.26. The van der Waals surface area contributed by atoms with Gasteiger partial charge in [0, 0.05) is 6.04 Å². The molecule has 4 nitrogen and oxygen atoms in total. The molecule has 6 heteroatoms. The lowest BCUT2D eigenvalue weighted by atomic mass is 9.96. The van der Waals surface area contributed by atoms with E-state index in [0.29, 0.717) is 13.2 Å². The summed E-state index contributed by atoms with van der Waals surface area (Å²) in [4.78, 5) is 13.3. The molecule has 0 aromatic carbocycles. The molecule has 2 aliphatic heterocycles. The summed E-state index contributed by atoms with van der Waals surface area (Å²) in [5.41, 5.74) is -1.99. The van der Waals surface area contributed by atoms with Crippen LogP contribution in [-0.2, 0) is 14.3 Å². The minimum atomic E-state index is -1.99. The Kier molecular flexibility index (Phi) is 4.22. The van der Waals surface area contributed by atoms with Gasteiger partial charge in [0.2, 0.25) is 0 Å². The Bertz CT molecular complexity index is 284. The highest BCUT2D eigenvalue weighted by molar-refractivity contribution is 6.29. The average Bonchev–Trinajstić information content (AvgIpc) is 2.81. The third-order valence-electron chi connectivity index (χ3n) is 3.36. The van der Waals surface area contributed by atoms with Gasteiger partial charge in [0.05, 0.1) is 19.3 Å². The van der Waals surface area contributed by atoms with Crippen molar-refractivity contribution in [3.63, 3.8) is 0 Å². The van der Waals surface area contributed by atoms with Gasteiger partial charge in [-0.15, -0.1) is 0 Å². The predicted molar refractivity (Wildman–Crippen MR) is 60.4 cm³/mol. The van der Waals surface area contributed by atoms with Crippen LogP contribution >= 0.6 is 11.6 Å². The third kappa shape index (κ3) is 2.72. The molecule has 0 radical (unpaired) electrons. The number of likely N-dealkylation sites (tertiary alicyclic amines) is 1. The number of ether oxygens (including phenoxy) is 2. The molecule has 1 unspecified atom stereocenters. The summed E-state index contributed by atoms with van der Waals surface area (Å²) in [6, 6.07) is -0.239. The van der Waals surface area contributed by atoms with Crippen LogP contribution in [0.15, 0.2) is 0 Å². The number of carbonyl (C=O) groups is 1. The van der Waals surface area contributed by atoms with Gasteiger partial charge in [-0.25, -0.2) is 4.39 Å². The standard InChI is InChI=1S/C11H17ClFNO3/c1-7-3-2-4-8(11-16-5-6-17-11)14(7)10(15)9(12)13/h7-9,11H,2-6H2,1H3/t7-,8-,9?/m1/s1. The lowest BCUT2D eigenvalue weighted by molar-refractivity contribution is -0.158. The largest absolute Gasteiger partial charge is 0.348 e. The number of halogens is 2. The Hall–Kier alpha value is -0.390. The second kappa shape index (κ2) is 5.50. The molecular formula is C11H17ClFNO3. The predicted octanol–water partition coefficient (Wildman–Crippen LogP) is 1.66. The van der Waals surface area contributed by atoms with Gasteiger partial charge in [-0.3, -0.25) is 4.79 Å². The van der Waals surface area contributed by atoms with Gasteiger partial charge < -0.3 is 14.4 Å². The van der Waals surface area contributed by atoms with E-state index in [0.717, 1.165) is 19.3 Å². The average molecular weight is 266 g/mol. The Labute approximate surface area is 105 Å². The summed E-state index contributed by atoms with van der Waals surface area (Å²) in [6.45, 7) is 2.95. The number of hydrogen-bond donors (Lipinski definition) is 0. The van der Waals surface area contributed by atoms with Crippen LogP contribution in [0.5, 0.6) is 0 Å².